The second kappa shape index (κ2) is 9.80. The molecule has 13 heteroatoms. The van der Waals surface area contributed by atoms with Gasteiger partial charge in [0, 0.05) is 51.7 Å². The van der Waals surface area contributed by atoms with Crippen molar-refractivity contribution in [2.45, 2.75) is 44.6 Å². The fraction of sp³-hybridized carbons (Fsp3) is 0.478. The highest BCUT2D eigenvalue weighted by molar-refractivity contribution is 5.89. The first kappa shape index (κ1) is 25.5. The zero-order valence-electron chi connectivity index (χ0n) is 20.4. The second-order valence-corrected chi connectivity index (χ2v) is 9.01. The number of hydrogen-bond donors (Lipinski definition) is 2. The minimum absolute atomic E-state index is 0.0181. The normalized spacial score (nSPS) is 18.5. The third kappa shape index (κ3) is 5.15. The first-order valence-corrected chi connectivity index (χ1v) is 11.4. The Hall–Kier alpha value is -3.61. The molecule has 0 radical (unpaired) electrons. The van der Waals surface area contributed by atoms with Crippen molar-refractivity contribution in [2.24, 2.45) is 7.05 Å². The molecule has 2 atom stereocenters. The highest BCUT2D eigenvalue weighted by Gasteiger charge is 2.34. The molecule has 36 heavy (non-hydrogen) atoms. The van der Waals surface area contributed by atoms with Gasteiger partial charge in [-0.05, 0) is 31.9 Å². The number of rotatable bonds is 5. The van der Waals surface area contributed by atoms with Gasteiger partial charge in [-0.15, -0.1) is 0 Å². The van der Waals surface area contributed by atoms with Crippen LogP contribution in [0.25, 0.3) is 11.2 Å². The maximum absolute atomic E-state index is 13.1. The summed E-state index contributed by atoms with van der Waals surface area (Å²) in [5, 5.41) is 2.36. The number of aromatic amines is 1. The van der Waals surface area contributed by atoms with E-state index in [-0.39, 0.29) is 12.1 Å². The van der Waals surface area contributed by atoms with Gasteiger partial charge in [0.25, 0.3) is 5.56 Å². The number of H-pyrrole nitrogens is 1. The number of nitrogens with zero attached hydrogens (tertiary/aromatic N) is 5. The zero-order chi connectivity index (χ0) is 26.2. The van der Waals surface area contributed by atoms with Crippen LogP contribution in [0.1, 0.15) is 31.0 Å². The van der Waals surface area contributed by atoms with E-state index in [0.717, 1.165) is 21.6 Å². The Balaban J connectivity index is 1.44. The van der Waals surface area contributed by atoms with Gasteiger partial charge in [0.15, 0.2) is 5.65 Å². The third-order valence-electron chi connectivity index (χ3n) is 6.44. The molecule has 0 bridgehead atoms. The summed E-state index contributed by atoms with van der Waals surface area (Å²) in [6, 6.07) is 1.75. The molecular weight excluding hydrogens is 479 g/mol. The molecule has 0 saturated carbocycles. The Morgan fingerprint density at radius 3 is 2.78 bits per heavy atom. The van der Waals surface area contributed by atoms with E-state index in [1.54, 1.807) is 20.4 Å². The number of carbonyl (C=O) groups is 1. The quantitative estimate of drug-likeness (QED) is 0.549. The van der Waals surface area contributed by atoms with E-state index in [2.05, 4.69) is 20.2 Å². The van der Waals surface area contributed by atoms with Crippen molar-refractivity contribution in [1.82, 2.24) is 24.4 Å². The van der Waals surface area contributed by atoms with E-state index < -0.39 is 29.0 Å². The van der Waals surface area contributed by atoms with Crippen LogP contribution >= 0.6 is 0 Å². The van der Waals surface area contributed by atoms with Crippen LogP contribution in [0.5, 0.6) is 0 Å². The maximum Gasteiger partial charge on any atom is 0.417 e. The number of nitrogens with one attached hydrogen (secondary N) is 2. The van der Waals surface area contributed by atoms with E-state index in [0.29, 0.717) is 43.9 Å². The summed E-state index contributed by atoms with van der Waals surface area (Å²) >= 11 is 0. The Bertz CT molecular complexity index is 1320. The third-order valence-corrected chi connectivity index (χ3v) is 6.44. The van der Waals surface area contributed by atoms with Crippen molar-refractivity contribution < 1.29 is 22.7 Å². The second-order valence-electron chi connectivity index (χ2n) is 9.01. The van der Waals surface area contributed by atoms with E-state index in [9.17, 15) is 22.8 Å². The van der Waals surface area contributed by atoms with Crippen LogP contribution in [0.2, 0.25) is 0 Å². The first-order chi connectivity index (χ1) is 17.0. The van der Waals surface area contributed by atoms with Gasteiger partial charge in [-0.25, -0.2) is 14.8 Å². The number of anilines is 2. The van der Waals surface area contributed by atoms with Crippen LogP contribution in [0.3, 0.4) is 0 Å². The Morgan fingerprint density at radius 2 is 2.11 bits per heavy atom. The SMILES string of the molecule is COCc1cc2nc(N3CCC(N(C)C(=O)Nc4cc(C(F)(F)F)cn(C)c4=O)CC3C)cnc2[nH]1. The number of urea groups is 1. The number of alkyl halides is 3. The molecule has 4 rings (SSSR count). The summed E-state index contributed by atoms with van der Waals surface area (Å²) in [6.45, 7) is 3.04. The maximum atomic E-state index is 13.1. The van der Waals surface area contributed by atoms with Gasteiger partial charge in [-0.2, -0.15) is 13.2 Å². The Morgan fingerprint density at radius 1 is 1.36 bits per heavy atom. The van der Waals surface area contributed by atoms with E-state index in [4.69, 9.17) is 9.72 Å². The van der Waals surface area contributed by atoms with Gasteiger partial charge in [-0.3, -0.25) is 4.79 Å². The van der Waals surface area contributed by atoms with Gasteiger partial charge in [0.05, 0.1) is 18.4 Å². The van der Waals surface area contributed by atoms with Gasteiger partial charge >= 0.3 is 12.2 Å². The molecule has 0 aromatic carbocycles. The van der Waals surface area contributed by atoms with Crippen LogP contribution in [0, 0.1) is 0 Å². The van der Waals surface area contributed by atoms with Crippen LogP contribution in [0.15, 0.2) is 29.3 Å². The molecule has 3 aromatic rings. The molecule has 1 aliphatic heterocycles. The molecule has 1 fully saturated rings. The molecule has 1 aliphatic rings. The summed E-state index contributed by atoms with van der Waals surface area (Å²) in [6.07, 6.45) is -1.03. The predicted octanol–water partition coefficient (Wildman–Crippen LogP) is 3.34. The number of methoxy groups -OCH3 is 1. The van der Waals surface area contributed by atoms with Crippen LogP contribution < -0.4 is 15.8 Å². The minimum Gasteiger partial charge on any atom is -0.378 e. The Labute approximate surface area is 205 Å². The van der Waals surface area contributed by atoms with Crippen LogP contribution in [0.4, 0.5) is 29.5 Å². The van der Waals surface area contributed by atoms with Crippen molar-refractivity contribution in [3.63, 3.8) is 0 Å². The topological polar surface area (TPSA) is 108 Å². The Kier molecular flexibility index (Phi) is 6.94. The number of pyridine rings is 1. The van der Waals surface area contributed by atoms with E-state index in [1.165, 1.54) is 11.9 Å². The van der Waals surface area contributed by atoms with Crippen molar-refractivity contribution >= 4 is 28.7 Å². The van der Waals surface area contributed by atoms with Gasteiger partial charge in [-0.1, -0.05) is 0 Å². The number of fused-ring (bicyclic) bond motifs is 1. The van der Waals surface area contributed by atoms with Crippen LogP contribution in [-0.2, 0) is 24.6 Å². The molecular formula is C23H28F3N7O3. The van der Waals surface area contributed by atoms with E-state index in [1.807, 2.05) is 13.0 Å². The lowest BCUT2D eigenvalue weighted by Crippen LogP contribution is -2.51. The van der Waals surface area contributed by atoms with E-state index >= 15 is 0 Å². The monoisotopic (exact) mass is 507 g/mol. The summed E-state index contributed by atoms with van der Waals surface area (Å²) in [5.74, 6) is 0.719. The molecule has 0 aliphatic carbocycles. The fourth-order valence-electron chi connectivity index (χ4n) is 4.48. The molecule has 2 unspecified atom stereocenters. The predicted molar refractivity (Wildman–Crippen MR) is 128 cm³/mol. The molecule has 1 saturated heterocycles. The number of aromatic nitrogens is 4. The summed E-state index contributed by atoms with van der Waals surface area (Å²) in [7, 11) is 4.39. The smallest absolute Gasteiger partial charge is 0.378 e. The first-order valence-electron chi connectivity index (χ1n) is 11.4. The van der Waals surface area contributed by atoms with Crippen molar-refractivity contribution in [1.29, 1.82) is 0 Å². The number of carbonyl (C=O) groups excluding carboxylic acids is 1. The average Bonchev–Trinajstić information content (AvgIpc) is 3.22. The summed E-state index contributed by atoms with van der Waals surface area (Å²) < 4.78 is 45.4. The fourth-order valence-corrected chi connectivity index (χ4v) is 4.48. The molecule has 4 heterocycles. The lowest BCUT2D eigenvalue weighted by molar-refractivity contribution is -0.138. The minimum atomic E-state index is -4.64. The standard InChI is InChI=1S/C23H28F3N7O3/c1-13-7-16(5-6-33(13)19-10-27-20-17(29-19)9-15(28-20)12-36-4)32(3)22(35)30-18-8-14(23(24,25)26)11-31(2)21(18)34/h8-11,13,16H,5-7,12H2,1-4H3,(H,27,28)(H,30,35). The molecule has 2 amide bonds. The number of halogens is 3. The largest absolute Gasteiger partial charge is 0.417 e. The highest BCUT2D eigenvalue weighted by Crippen LogP contribution is 2.30. The molecule has 2 N–H and O–H groups in total. The number of hydrogen-bond acceptors (Lipinski definition) is 6. The number of amides is 2. The lowest BCUT2D eigenvalue weighted by Gasteiger charge is -2.41. The van der Waals surface area contributed by atoms with Crippen molar-refractivity contribution in [2.75, 3.05) is 30.9 Å². The summed E-state index contributed by atoms with van der Waals surface area (Å²) in [5.41, 5.74) is 0.121. The molecule has 0 spiro atoms. The lowest BCUT2D eigenvalue weighted by atomic mass is 9.97. The van der Waals surface area contributed by atoms with Gasteiger partial charge in [0.2, 0.25) is 0 Å². The zero-order valence-corrected chi connectivity index (χ0v) is 20.4. The average molecular weight is 508 g/mol. The van der Waals surface area contributed by atoms with Crippen molar-refractivity contribution in [3.05, 3.63) is 46.1 Å². The number of aryl methyl sites for hydroxylation is 1. The highest BCUT2D eigenvalue weighted by atomic mass is 19.4. The molecule has 10 nitrogen and oxygen atoms in total. The van der Waals surface area contributed by atoms with Gasteiger partial charge in [0.1, 0.15) is 17.0 Å². The molecule has 3 aromatic heterocycles. The summed E-state index contributed by atoms with van der Waals surface area (Å²) in [4.78, 5) is 41.0. The van der Waals surface area contributed by atoms with Gasteiger partial charge < -0.3 is 29.4 Å². The van der Waals surface area contributed by atoms with Crippen molar-refractivity contribution in [3.8, 4) is 0 Å². The molecule has 194 valence electrons. The van der Waals surface area contributed by atoms with Crippen LogP contribution in [-0.4, -0.2) is 63.2 Å². The number of ether oxygens (including phenoxy) is 1. The number of piperidine rings is 1.